The molecule has 0 aliphatic carbocycles. The van der Waals surface area contributed by atoms with Gasteiger partial charge in [-0.15, -0.1) is 11.3 Å². The Balaban J connectivity index is 2.20. The molecule has 2 heterocycles. The summed E-state index contributed by atoms with van der Waals surface area (Å²) in [5.74, 6) is -0.0844. The quantitative estimate of drug-likeness (QED) is 0.743. The van der Waals surface area contributed by atoms with Gasteiger partial charge in [-0.25, -0.2) is 9.48 Å². The minimum Gasteiger partial charge on any atom is -0.291 e. The first-order chi connectivity index (χ1) is 7.58. The third kappa shape index (κ3) is 1.96. The van der Waals surface area contributed by atoms with Crippen molar-refractivity contribution in [3.05, 3.63) is 38.7 Å². The molecule has 0 unspecified atom stereocenters. The van der Waals surface area contributed by atoms with Crippen LogP contribution in [0.1, 0.15) is 14.5 Å². The molecule has 6 heteroatoms. The van der Waals surface area contributed by atoms with Crippen LogP contribution in [0, 0.1) is 6.92 Å². The number of carbonyl (C=O) groups is 1. The van der Waals surface area contributed by atoms with Crippen molar-refractivity contribution in [2.75, 3.05) is 0 Å². The molecular weight excluding hydrogens is 226 g/mol. The van der Waals surface area contributed by atoms with Crippen molar-refractivity contribution in [2.45, 2.75) is 13.5 Å². The van der Waals surface area contributed by atoms with Gasteiger partial charge < -0.3 is 0 Å². The van der Waals surface area contributed by atoms with Crippen LogP contribution in [0.5, 0.6) is 0 Å². The first kappa shape index (κ1) is 10.8. The van der Waals surface area contributed by atoms with Crippen LogP contribution < -0.4 is 5.69 Å². The van der Waals surface area contributed by atoms with Gasteiger partial charge in [0.05, 0.1) is 4.88 Å². The summed E-state index contributed by atoms with van der Waals surface area (Å²) in [5, 5.41) is 3.84. The number of hydrogen-bond acceptors (Lipinski definition) is 4. The normalized spacial score (nSPS) is 10.6. The fraction of sp³-hybridized carbons (Fsp3) is 0.300. The van der Waals surface area contributed by atoms with Crippen LogP contribution in [0.15, 0.2) is 23.3 Å². The molecule has 0 atom stereocenters. The van der Waals surface area contributed by atoms with Crippen LogP contribution in [0.25, 0.3) is 0 Å². The lowest BCUT2D eigenvalue weighted by atomic mass is 10.3. The zero-order chi connectivity index (χ0) is 11.7. The Labute approximate surface area is 95.9 Å². The second kappa shape index (κ2) is 4.05. The predicted molar refractivity (Wildman–Crippen MR) is 60.9 cm³/mol. The summed E-state index contributed by atoms with van der Waals surface area (Å²) in [7, 11) is 1.60. The van der Waals surface area contributed by atoms with Crippen molar-refractivity contribution in [1.82, 2.24) is 14.3 Å². The maximum absolute atomic E-state index is 11.8. The van der Waals surface area contributed by atoms with E-state index in [4.69, 9.17) is 0 Å². The van der Waals surface area contributed by atoms with Crippen LogP contribution in [-0.4, -0.2) is 20.1 Å². The summed E-state index contributed by atoms with van der Waals surface area (Å²) < 4.78 is 2.50. The summed E-state index contributed by atoms with van der Waals surface area (Å²) in [6, 6.07) is 3.66. The van der Waals surface area contributed by atoms with Gasteiger partial charge in [0.1, 0.15) is 12.9 Å². The van der Waals surface area contributed by atoms with Crippen LogP contribution in [0.2, 0.25) is 0 Å². The molecule has 0 aliphatic rings. The lowest BCUT2D eigenvalue weighted by Gasteiger charge is -1.96. The summed E-state index contributed by atoms with van der Waals surface area (Å²) in [6.45, 7) is 1.94. The molecule has 0 aromatic carbocycles. The highest BCUT2D eigenvalue weighted by Crippen LogP contribution is 2.15. The van der Waals surface area contributed by atoms with Gasteiger partial charge in [-0.2, -0.15) is 5.10 Å². The summed E-state index contributed by atoms with van der Waals surface area (Å²) in [6.07, 6.45) is 1.40. The van der Waals surface area contributed by atoms with E-state index in [1.807, 2.05) is 13.0 Å². The minimum absolute atomic E-state index is 0.000370. The van der Waals surface area contributed by atoms with Gasteiger partial charge in [0, 0.05) is 11.9 Å². The van der Waals surface area contributed by atoms with Crippen molar-refractivity contribution in [3.63, 3.8) is 0 Å². The van der Waals surface area contributed by atoms with Crippen molar-refractivity contribution in [3.8, 4) is 0 Å². The van der Waals surface area contributed by atoms with Gasteiger partial charge in [0.2, 0.25) is 0 Å². The minimum atomic E-state index is -0.276. The molecule has 2 rings (SSSR count). The molecule has 16 heavy (non-hydrogen) atoms. The molecule has 0 amide bonds. The van der Waals surface area contributed by atoms with E-state index in [9.17, 15) is 9.59 Å². The van der Waals surface area contributed by atoms with Gasteiger partial charge >= 0.3 is 5.69 Å². The standard InChI is InChI=1S/C10H11N3O2S/c1-7-3-4-9(16-7)8(14)5-13-10(15)12(2)6-11-13/h3-4,6H,5H2,1-2H3. The maximum Gasteiger partial charge on any atom is 0.345 e. The Morgan fingerprint density at radius 2 is 2.25 bits per heavy atom. The molecule has 0 saturated heterocycles. The zero-order valence-electron chi connectivity index (χ0n) is 9.01. The average molecular weight is 237 g/mol. The van der Waals surface area contributed by atoms with E-state index in [1.165, 1.54) is 22.2 Å². The second-order valence-corrected chi connectivity index (χ2v) is 4.80. The molecule has 0 N–H and O–H groups in total. The second-order valence-electron chi connectivity index (χ2n) is 3.52. The van der Waals surface area contributed by atoms with Gasteiger partial charge in [0.25, 0.3) is 0 Å². The van der Waals surface area contributed by atoms with Crippen molar-refractivity contribution < 1.29 is 4.79 Å². The first-order valence-electron chi connectivity index (χ1n) is 4.76. The lowest BCUT2D eigenvalue weighted by molar-refractivity contribution is 0.0970. The Hall–Kier alpha value is -1.69. The average Bonchev–Trinajstić information content (AvgIpc) is 2.79. The molecule has 2 aromatic rings. The third-order valence-corrected chi connectivity index (χ3v) is 3.24. The molecule has 5 nitrogen and oxygen atoms in total. The number of hydrogen-bond donors (Lipinski definition) is 0. The Bertz CT molecular complexity index is 579. The third-order valence-electron chi connectivity index (χ3n) is 2.20. The molecule has 0 spiro atoms. The molecule has 0 bridgehead atoms. The van der Waals surface area contributed by atoms with E-state index in [-0.39, 0.29) is 18.0 Å². The Morgan fingerprint density at radius 3 is 2.75 bits per heavy atom. The van der Waals surface area contributed by atoms with Crippen molar-refractivity contribution >= 4 is 17.1 Å². The highest BCUT2D eigenvalue weighted by atomic mass is 32.1. The zero-order valence-corrected chi connectivity index (χ0v) is 9.82. The number of nitrogens with zero attached hydrogens (tertiary/aromatic N) is 3. The van der Waals surface area contributed by atoms with Crippen LogP contribution in [0.3, 0.4) is 0 Å². The largest absolute Gasteiger partial charge is 0.345 e. The molecule has 0 aliphatic heterocycles. The number of ketones is 1. The molecule has 2 aromatic heterocycles. The van der Waals surface area contributed by atoms with Gasteiger partial charge in [-0.05, 0) is 19.1 Å². The highest BCUT2D eigenvalue weighted by Gasteiger charge is 2.11. The van der Waals surface area contributed by atoms with Crippen LogP contribution >= 0.6 is 11.3 Å². The van der Waals surface area contributed by atoms with Crippen LogP contribution in [0.4, 0.5) is 0 Å². The van der Waals surface area contributed by atoms with E-state index >= 15 is 0 Å². The number of rotatable bonds is 3. The summed E-state index contributed by atoms with van der Waals surface area (Å²) in [4.78, 5) is 25.0. The summed E-state index contributed by atoms with van der Waals surface area (Å²) >= 11 is 1.43. The van der Waals surface area contributed by atoms with E-state index in [2.05, 4.69) is 5.10 Å². The monoisotopic (exact) mass is 237 g/mol. The van der Waals surface area contributed by atoms with Gasteiger partial charge in [-0.1, -0.05) is 0 Å². The SMILES string of the molecule is Cc1ccc(C(=O)Cn2ncn(C)c2=O)s1. The fourth-order valence-corrected chi connectivity index (χ4v) is 2.12. The highest BCUT2D eigenvalue weighted by molar-refractivity contribution is 7.14. The molecular formula is C10H11N3O2S. The topological polar surface area (TPSA) is 56.9 Å². The van der Waals surface area contributed by atoms with Gasteiger partial charge in [-0.3, -0.25) is 9.36 Å². The summed E-state index contributed by atoms with van der Waals surface area (Å²) in [5.41, 5.74) is -0.276. The Kier molecular flexibility index (Phi) is 2.74. The van der Waals surface area contributed by atoms with E-state index in [0.29, 0.717) is 4.88 Å². The fourth-order valence-electron chi connectivity index (χ4n) is 1.33. The smallest absolute Gasteiger partial charge is 0.291 e. The predicted octanol–water partition coefficient (Wildman–Crippen LogP) is 0.835. The molecule has 0 saturated carbocycles. The van der Waals surface area contributed by atoms with E-state index < -0.39 is 0 Å². The van der Waals surface area contributed by atoms with Crippen LogP contribution in [-0.2, 0) is 13.6 Å². The Morgan fingerprint density at radius 1 is 1.50 bits per heavy atom. The van der Waals surface area contributed by atoms with Gasteiger partial charge in [0.15, 0.2) is 5.78 Å². The maximum atomic E-state index is 11.8. The molecule has 0 fully saturated rings. The number of carbonyl (C=O) groups excluding carboxylic acids is 1. The number of Topliss-reactive ketones (excluding diaryl/α,β-unsaturated/α-hetero) is 1. The number of thiophene rings is 1. The number of aryl methyl sites for hydroxylation is 2. The van der Waals surface area contributed by atoms with Crippen molar-refractivity contribution in [1.29, 1.82) is 0 Å². The van der Waals surface area contributed by atoms with Crippen molar-refractivity contribution in [2.24, 2.45) is 7.05 Å². The van der Waals surface area contributed by atoms with E-state index in [0.717, 1.165) is 9.56 Å². The number of aromatic nitrogens is 3. The lowest BCUT2D eigenvalue weighted by Crippen LogP contribution is -2.26. The molecule has 84 valence electrons. The van der Waals surface area contributed by atoms with E-state index in [1.54, 1.807) is 13.1 Å². The first-order valence-corrected chi connectivity index (χ1v) is 5.57. The molecule has 0 radical (unpaired) electrons.